The molecule has 2 amide bonds. The summed E-state index contributed by atoms with van der Waals surface area (Å²) in [5.41, 5.74) is 9.13. The Balaban J connectivity index is 1.81. The van der Waals surface area contributed by atoms with Crippen LogP contribution in [0, 0.1) is 12.3 Å². The summed E-state index contributed by atoms with van der Waals surface area (Å²) in [5, 5.41) is 6.25. The fourth-order valence-corrected chi connectivity index (χ4v) is 4.99. The molecule has 2 aliphatic rings. The molecule has 0 saturated heterocycles. The Morgan fingerprint density at radius 2 is 1.92 bits per heavy atom. The van der Waals surface area contributed by atoms with Crippen molar-refractivity contribution in [2.24, 2.45) is 11.1 Å². The number of allylic oxidation sites excluding steroid dienone is 3. The first kappa shape index (κ1) is 25.9. The van der Waals surface area contributed by atoms with Gasteiger partial charge in [-0.2, -0.15) is 0 Å². The van der Waals surface area contributed by atoms with Crippen LogP contribution in [-0.4, -0.2) is 36.3 Å². The van der Waals surface area contributed by atoms with Crippen molar-refractivity contribution in [3.05, 3.63) is 70.2 Å². The molecule has 0 bridgehead atoms. The summed E-state index contributed by atoms with van der Waals surface area (Å²) >= 11 is 0. The molecular formula is C28H32N4O5. The lowest BCUT2D eigenvalue weighted by atomic mass is 9.68. The van der Waals surface area contributed by atoms with E-state index >= 15 is 0 Å². The van der Waals surface area contributed by atoms with Gasteiger partial charge in [0.15, 0.2) is 23.9 Å². The summed E-state index contributed by atoms with van der Waals surface area (Å²) in [6, 6.07) is 8.79. The summed E-state index contributed by atoms with van der Waals surface area (Å²) in [4.78, 5) is 42.7. The molecule has 0 fully saturated rings. The number of carbonyl (C=O) groups is 3. The number of nitrogens with zero attached hydrogens (tertiary/aromatic N) is 1. The van der Waals surface area contributed by atoms with E-state index in [0.29, 0.717) is 52.6 Å². The summed E-state index contributed by atoms with van der Waals surface area (Å²) in [6.45, 7) is 7.57. The van der Waals surface area contributed by atoms with Gasteiger partial charge in [-0.05, 0) is 61.1 Å². The molecule has 194 valence electrons. The molecule has 0 spiro atoms. The van der Waals surface area contributed by atoms with Crippen LogP contribution in [0.25, 0.3) is 0 Å². The first-order valence-electron chi connectivity index (χ1n) is 12.1. The number of dihydropyridines is 1. The molecule has 37 heavy (non-hydrogen) atoms. The largest absolute Gasteiger partial charge is 0.493 e. The average molecular weight is 505 g/mol. The van der Waals surface area contributed by atoms with Gasteiger partial charge < -0.3 is 25.8 Å². The highest BCUT2D eigenvalue weighted by molar-refractivity contribution is 6.09. The number of hydrogen-bond donors (Lipinski definition) is 3. The number of carbonyl (C=O) groups excluding carboxylic acids is 3. The second-order valence-corrected chi connectivity index (χ2v) is 10.3. The van der Waals surface area contributed by atoms with Gasteiger partial charge in [-0.3, -0.25) is 14.4 Å². The van der Waals surface area contributed by atoms with Crippen molar-refractivity contribution in [3.63, 3.8) is 0 Å². The minimum atomic E-state index is -0.635. The van der Waals surface area contributed by atoms with Crippen LogP contribution in [0.3, 0.4) is 0 Å². The minimum absolute atomic E-state index is 0.0109. The number of nitrogens with one attached hydrogen (secondary N) is 2. The highest BCUT2D eigenvalue weighted by atomic mass is 16.5. The van der Waals surface area contributed by atoms with Crippen LogP contribution >= 0.6 is 0 Å². The molecule has 1 aliphatic heterocycles. The summed E-state index contributed by atoms with van der Waals surface area (Å²) in [5.74, 6) is -0.497. The van der Waals surface area contributed by atoms with Crippen LogP contribution in [0.1, 0.15) is 50.7 Å². The maximum atomic E-state index is 13.7. The lowest BCUT2D eigenvalue weighted by Gasteiger charge is -2.39. The Bertz CT molecular complexity index is 1340. The first-order valence-corrected chi connectivity index (χ1v) is 12.1. The van der Waals surface area contributed by atoms with Crippen molar-refractivity contribution in [1.29, 1.82) is 0 Å². The minimum Gasteiger partial charge on any atom is -0.493 e. The zero-order chi connectivity index (χ0) is 26.9. The quantitative estimate of drug-likeness (QED) is 0.526. The number of hydrogen-bond acceptors (Lipinski definition) is 7. The molecule has 0 unspecified atom stereocenters. The van der Waals surface area contributed by atoms with Crippen molar-refractivity contribution < 1.29 is 23.9 Å². The lowest BCUT2D eigenvalue weighted by Crippen LogP contribution is -2.39. The first-order chi connectivity index (χ1) is 17.5. The highest BCUT2D eigenvalue weighted by Crippen LogP contribution is 2.47. The van der Waals surface area contributed by atoms with Gasteiger partial charge in [0.1, 0.15) is 5.82 Å². The van der Waals surface area contributed by atoms with E-state index in [1.54, 1.807) is 30.5 Å². The molecule has 4 N–H and O–H groups in total. The van der Waals surface area contributed by atoms with Gasteiger partial charge in [0, 0.05) is 41.1 Å². The molecule has 2 heterocycles. The van der Waals surface area contributed by atoms with E-state index in [4.69, 9.17) is 15.2 Å². The van der Waals surface area contributed by atoms with E-state index in [9.17, 15) is 14.4 Å². The normalized spacial score (nSPS) is 18.6. The topological polar surface area (TPSA) is 133 Å². The lowest BCUT2D eigenvalue weighted by molar-refractivity contribution is -0.120. The standard InChI is InChI=1S/C28H32N4O5/c1-15-8-9-30-23(10-15)32-27(35)24-16(2)31-18-12-28(3,4)13-19(33)26(18)25(24)17-6-7-20(21(11-17)36-5)37-14-22(29)34/h6-11,25,31H,12-14H2,1-5H3,(H2,29,34)(H,30,32,35)/t25-/m0/s1. The number of ether oxygens (including phenoxy) is 2. The van der Waals surface area contributed by atoms with Crippen LogP contribution in [-0.2, 0) is 14.4 Å². The molecule has 1 aromatic carbocycles. The van der Waals surface area contributed by atoms with Crippen molar-refractivity contribution in [2.45, 2.75) is 46.5 Å². The number of ketones is 1. The van der Waals surface area contributed by atoms with Crippen LogP contribution in [0.5, 0.6) is 11.5 Å². The van der Waals surface area contributed by atoms with E-state index in [1.807, 2.05) is 19.9 Å². The Kier molecular flexibility index (Phi) is 7.07. The van der Waals surface area contributed by atoms with Crippen LogP contribution in [0.15, 0.2) is 59.1 Å². The molecule has 9 nitrogen and oxygen atoms in total. The molecule has 0 radical (unpaired) electrons. The number of nitrogens with two attached hydrogens (primary N) is 1. The number of aryl methyl sites for hydroxylation is 1. The average Bonchev–Trinajstić information content (AvgIpc) is 2.80. The number of Topliss-reactive ketones (excluding diaryl/α,β-unsaturated/α-hetero) is 1. The maximum absolute atomic E-state index is 13.7. The summed E-state index contributed by atoms with van der Waals surface area (Å²) < 4.78 is 11.0. The Labute approximate surface area is 216 Å². The van der Waals surface area contributed by atoms with E-state index in [0.717, 1.165) is 11.3 Å². The monoisotopic (exact) mass is 504 g/mol. The highest BCUT2D eigenvalue weighted by Gasteiger charge is 2.43. The van der Waals surface area contributed by atoms with Gasteiger partial charge in [0.25, 0.3) is 11.8 Å². The van der Waals surface area contributed by atoms with Crippen molar-refractivity contribution >= 4 is 23.4 Å². The number of aromatic nitrogens is 1. The zero-order valence-electron chi connectivity index (χ0n) is 21.7. The SMILES string of the molecule is COc1cc([C@H]2C(C(=O)Nc3cc(C)ccn3)=C(C)NC3=C2C(=O)CC(C)(C)C3)ccc1OCC(N)=O. The third kappa shape index (κ3) is 5.50. The number of methoxy groups -OCH3 is 1. The van der Waals surface area contributed by atoms with Gasteiger partial charge in [0.2, 0.25) is 0 Å². The van der Waals surface area contributed by atoms with Crippen molar-refractivity contribution in [2.75, 3.05) is 19.0 Å². The third-order valence-corrected chi connectivity index (χ3v) is 6.53. The number of primary amides is 1. The predicted octanol–water partition coefficient (Wildman–Crippen LogP) is 3.51. The van der Waals surface area contributed by atoms with Crippen LogP contribution in [0.2, 0.25) is 0 Å². The van der Waals surface area contributed by atoms with Gasteiger partial charge in [-0.15, -0.1) is 0 Å². The van der Waals surface area contributed by atoms with Crippen LogP contribution in [0.4, 0.5) is 5.82 Å². The molecule has 1 atom stereocenters. The zero-order valence-corrected chi connectivity index (χ0v) is 21.7. The maximum Gasteiger partial charge on any atom is 0.255 e. The fraction of sp³-hybridized carbons (Fsp3) is 0.357. The number of pyridine rings is 1. The molecule has 9 heteroatoms. The fourth-order valence-electron chi connectivity index (χ4n) is 4.99. The molecule has 0 saturated carbocycles. The molecule has 2 aromatic rings. The Morgan fingerprint density at radius 3 is 2.59 bits per heavy atom. The van der Waals surface area contributed by atoms with E-state index < -0.39 is 11.8 Å². The van der Waals surface area contributed by atoms with E-state index in [1.165, 1.54) is 7.11 Å². The third-order valence-electron chi connectivity index (χ3n) is 6.53. The molecule has 1 aromatic heterocycles. The second-order valence-electron chi connectivity index (χ2n) is 10.3. The predicted molar refractivity (Wildman–Crippen MR) is 139 cm³/mol. The van der Waals surface area contributed by atoms with Gasteiger partial charge in [0.05, 0.1) is 7.11 Å². The number of benzene rings is 1. The number of amides is 2. The Morgan fingerprint density at radius 1 is 1.16 bits per heavy atom. The number of anilines is 1. The van der Waals surface area contributed by atoms with Crippen molar-refractivity contribution in [1.82, 2.24) is 10.3 Å². The molecule has 1 aliphatic carbocycles. The molecule has 4 rings (SSSR count). The van der Waals surface area contributed by atoms with Gasteiger partial charge in [-0.25, -0.2) is 4.98 Å². The van der Waals surface area contributed by atoms with Gasteiger partial charge >= 0.3 is 0 Å². The van der Waals surface area contributed by atoms with Gasteiger partial charge in [-0.1, -0.05) is 19.9 Å². The second kappa shape index (κ2) is 10.1. The molecular weight excluding hydrogens is 472 g/mol. The Hall–Kier alpha value is -4.14. The van der Waals surface area contributed by atoms with Crippen molar-refractivity contribution in [3.8, 4) is 11.5 Å². The number of rotatable bonds is 7. The van der Waals surface area contributed by atoms with Crippen LogP contribution < -0.4 is 25.8 Å². The smallest absolute Gasteiger partial charge is 0.255 e. The van der Waals surface area contributed by atoms with E-state index in [-0.39, 0.29) is 23.7 Å². The summed E-state index contributed by atoms with van der Waals surface area (Å²) in [7, 11) is 1.48. The summed E-state index contributed by atoms with van der Waals surface area (Å²) in [6.07, 6.45) is 2.67. The van der Waals surface area contributed by atoms with E-state index in [2.05, 4.69) is 29.5 Å².